The molecule has 4 heterocycles. The van der Waals surface area contributed by atoms with Crippen molar-refractivity contribution in [3.63, 3.8) is 0 Å². The molecule has 7 nitrogen and oxygen atoms in total. The van der Waals surface area contributed by atoms with Crippen LogP contribution in [0.15, 0.2) is 36.8 Å². The van der Waals surface area contributed by atoms with Crippen molar-refractivity contribution < 1.29 is 28.5 Å². The van der Waals surface area contributed by atoms with Gasteiger partial charge in [0.15, 0.2) is 23.0 Å². The van der Waals surface area contributed by atoms with Crippen LogP contribution in [0.2, 0.25) is 0 Å². The van der Waals surface area contributed by atoms with E-state index >= 15 is 0 Å². The molecule has 2 aromatic carbocycles. The largest absolute Gasteiger partial charge is 0.491 e. The third-order valence-corrected chi connectivity index (χ3v) is 5.17. The number of carbonyl (C=O) groups excluding carboxylic acids is 1. The van der Waals surface area contributed by atoms with E-state index in [9.17, 15) is 4.79 Å². The molecule has 1 amide bonds. The maximum absolute atomic E-state index is 13.0. The lowest BCUT2D eigenvalue weighted by Crippen LogP contribution is -2.37. The molecule has 2 aromatic rings. The van der Waals surface area contributed by atoms with Crippen molar-refractivity contribution in [1.82, 2.24) is 0 Å². The van der Waals surface area contributed by atoms with Gasteiger partial charge in [-0.3, -0.25) is 4.79 Å². The Kier molecular flexibility index (Phi) is 2.47. The predicted molar refractivity (Wildman–Crippen MR) is 89.2 cm³/mol. The normalized spacial score (nSPS) is 23.3. The number of carbonyl (C=O) groups is 1. The van der Waals surface area contributed by atoms with Crippen molar-refractivity contribution in [2.45, 2.75) is 5.41 Å². The summed E-state index contributed by atoms with van der Waals surface area (Å²) in [5, 5.41) is 2.95. The first-order valence-corrected chi connectivity index (χ1v) is 8.31. The third kappa shape index (κ3) is 1.60. The minimum atomic E-state index is -0.944. The molecule has 4 aliphatic heterocycles. The number of nitrogens with one attached hydrogen (secondary N) is 1. The van der Waals surface area contributed by atoms with Crippen molar-refractivity contribution in [1.29, 1.82) is 0 Å². The molecule has 26 heavy (non-hydrogen) atoms. The molecular formula is C19H13NO6. The third-order valence-electron chi connectivity index (χ3n) is 5.17. The predicted octanol–water partition coefficient (Wildman–Crippen LogP) is 2.33. The Morgan fingerprint density at radius 2 is 1.46 bits per heavy atom. The number of fused-ring (bicyclic) bond motifs is 6. The van der Waals surface area contributed by atoms with Gasteiger partial charge in [0.05, 0.1) is 0 Å². The van der Waals surface area contributed by atoms with Crippen LogP contribution < -0.4 is 29.0 Å². The zero-order valence-corrected chi connectivity index (χ0v) is 13.5. The van der Waals surface area contributed by atoms with Crippen LogP contribution in [-0.4, -0.2) is 25.7 Å². The number of ether oxygens (including phenoxy) is 5. The first-order valence-electron chi connectivity index (χ1n) is 8.31. The number of hydrogen-bond acceptors (Lipinski definition) is 6. The highest BCUT2D eigenvalue weighted by molar-refractivity contribution is 6.10. The summed E-state index contributed by atoms with van der Waals surface area (Å²) < 4.78 is 28.2. The summed E-state index contributed by atoms with van der Waals surface area (Å²) in [5.41, 5.74) is 1.32. The molecule has 1 spiro atoms. The highest BCUT2D eigenvalue weighted by Gasteiger charge is 2.55. The second-order valence-corrected chi connectivity index (χ2v) is 6.49. The number of hydrogen-bond donors (Lipinski definition) is 1. The van der Waals surface area contributed by atoms with E-state index < -0.39 is 5.41 Å². The maximum Gasteiger partial charge on any atom is 0.243 e. The van der Waals surface area contributed by atoms with Gasteiger partial charge in [0, 0.05) is 28.9 Å². The molecule has 0 aromatic heterocycles. The van der Waals surface area contributed by atoms with Gasteiger partial charge in [-0.2, -0.15) is 0 Å². The molecule has 0 bridgehead atoms. The van der Waals surface area contributed by atoms with Gasteiger partial charge in [-0.1, -0.05) is 0 Å². The van der Waals surface area contributed by atoms with Crippen molar-refractivity contribution >= 4 is 11.6 Å². The Morgan fingerprint density at radius 3 is 2.27 bits per heavy atom. The van der Waals surface area contributed by atoms with Crippen molar-refractivity contribution in [2.75, 3.05) is 25.1 Å². The van der Waals surface area contributed by atoms with Gasteiger partial charge in [-0.15, -0.1) is 0 Å². The Hall–Kier alpha value is -3.35. The first kappa shape index (κ1) is 13.9. The average Bonchev–Trinajstić information content (AvgIpc) is 3.17. The van der Waals surface area contributed by atoms with Gasteiger partial charge in [0.1, 0.15) is 43.5 Å². The van der Waals surface area contributed by atoms with E-state index in [0.717, 1.165) is 11.1 Å². The molecule has 0 aliphatic carbocycles. The molecule has 0 fully saturated rings. The van der Waals surface area contributed by atoms with Crippen LogP contribution in [0.25, 0.3) is 0 Å². The van der Waals surface area contributed by atoms with Gasteiger partial charge >= 0.3 is 0 Å². The smallest absolute Gasteiger partial charge is 0.243 e. The number of amides is 1. The Bertz CT molecular complexity index is 1010. The van der Waals surface area contributed by atoms with Gasteiger partial charge < -0.3 is 29.0 Å². The quantitative estimate of drug-likeness (QED) is 0.785. The van der Waals surface area contributed by atoms with Gasteiger partial charge in [-0.25, -0.2) is 0 Å². The molecule has 4 aliphatic rings. The van der Waals surface area contributed by atoms with Crippen LogP contribution in [0.1, 0.15) is 11.1 Å². The number of benzene rings is 2. The molecule has 0 saturated carbocycles. The molecule has 1 N–H and O–H groups in total. The lowest BCUT2D eigenvalue weighted by molar-refractivity contribution is -0.119. The van der Waals surface area contributed by atoms with Gasteiger partial charge in [0.25, 0.3) is 0 Å². The van der Waals surface area contributed by atoms with Crippen LogP contribution in [0.4, 0.5) is 5.69 Å². The molecule has 1 atom stereocenters. The summed E-state index contributed by atoms with van der Waals surface area (Å²) in [6.45, 7) is 1.18. The zero-order valence-electron chi connectivity index (χ0n) is 13.5. The van der Waals surface area contributed by atoms with E-state index in [-0.39, 0.29) is 12.5 Å². The summed E-state index contributed by atoms with van der Waals surface area (Å²) >= 11 is 0. The zero-order chi connectivity index (χ0) is 17.3. The van der Waals surface area contributed by atoms with Gasteiger partial charge in [-0.05, 0) is 12.1 Å². The number of rotatable bonds is 0. The van der Waals surface area contributed by atoms with E-state index in [1.54, 1.807) is 12.1 Å². The second kappa shape index (κ2) is 4.63. The first-order chi connectivity index (χ1) is 12.8. The summed E-state index contributed by atoms with van der Waals surface area (Å²) in [6.07, 6.45) is 2.92. The molecular weight excluding hydrogens is 338 g/mol. The summed E-state index contributed by atoms with van der Waals surface area (Å²) in [5.74, 6) is 2.88. The SMILES string of the molecule is O=C1Nc2cc3c(cc2C12COc1cc4c(cc12)OCCO4)OC=CO3. The van der Waals surface area contributed by atoms with E-state index in [4.69, 9.17) is 23.7 Å². The Labute approximate surface area is 148 Å². The lowest BCUT2D eigenvalue weighted by atomic mass is 9.77. The van der Waals surface area contributed by atoms with E-state index in [1.807, 2.05) is 12.1 Å². The number of anilines is 1. The average molecular weight is 351 g/mol. The highest BCUT2D eigenvalue weighted by atomic mass is 16.6. The monoisotopic (exact) mass is 351 g/mol. The minimum Gasteiger partial charge on any atom is -0.491 e. The van der Waals surface area contributed by atoms with Crippen molar-refractivity contribution in [3.8, 4) is 28.7 Å². The highest BCUT2D eigenvalue weighted by Crippen LogP contribution is 2.55. The van der Waals surface area contributed by atoms with Crippen LogP contribution in [-0.2, 0) is 10.2 Å². The topological polar surface area (TPSA) is 75.3 Å². The van der Waals surface area contributed by atoms with E-state index in [2.05, 4.69) is 5.32 Å². The van der Waals surface area contributed by atoms with Crippen LogP contribution >= 0.6 is 0 Å². The van der Waals surface area contributed by atoms with Crippen molar-refractivity contribution in [2.24, 2.45) is 0 Å². The van der Waals surface area contributed by atoms with Crippen LogP contribution in [0.3, 0.4) is 0 Å². The van der Waals surface area contributed by atoms with Gasteiger partial charge in [0.2, 0.25) is 5.91 Å². The van der Waals surface area contributed by atoms with E-state index in [1.165, 1.54) is 12.5 Å². The summed E-state index contributed by atoms with van der Waals surface area (Å²) in [7, 11) is 0. The Balaban J connectivity index is 1.57. The van der Waals surface area contributed by atoms with Crippen LogP contribution in [0.5, 0.6) is 28.7 Å². The molecule has 0 radical (unpaired) electrons. The van der Waals surface area contributed by atoms with E-state index in [0.29, 0.717) is 47.6 Å². The lowest BCUT2D eigenvalue weighted by Gasteiger charge is -2.23. The summed E-state index contributed by atoms with van der Waals surface area (Å²) in [4.78, 5) is 13.0. The molecule has 7 heteroatoms. The summed E-state index contributed by atoms with van der Waals surface area (Å²) in [6, 6.07) is 7.25. The molecule has 1 unspecified atom stereocenters. The van der Waals surface area contributed by atoms with Crippen molar-refractivity contribution in [3.05, 3.63) is 47.9 Å². The maximum atomic E-state index is 13.0. The fourth-order valence-electron chi connectivity index (χ4n) is 3.95. The standard InChI is InChI=1S/C19H13NO6/c21-18-19(10-5-14-16(7-12(10)20-18)24-3-1-22-14)9-26-13-8-17-15(6-11(13)19)23-2-4-25-17/h1,3,5-8H,2,4,9H2,(H,20,21). The fraction of sp³-hybridized carbons (Fsp3) is 0.211. The second-order valence-electron chi connectivity index (χ2n) is 6.49. The Morgan fingerprint density at radius 1 is 0.769 bits per heavy atom. The van der Waals surface area contributed by atoms with Crippen LogP contribution in [0, 0.1) is 0 Å². The minimum absolute atomic E-state index is 0.141. The fourth-order valence-corrected chi connectivity index (χ4v) is 3.95. The molecule has 130 valence electrons. The molecule has 0 saturated heterocycles. The molecule has 6 rings (SSSR count).